The van der Waals surface area contributed by atoms with E-state index in [-0.39, 0.29) is 23.0 Å². The lowest BCUT2D eigenvalue weighted by Gasteiger charge is -2.21. The molecule has 0 atom stereocenters. The summed E-state index contributed by atoms with van der Waals surface area (Å²) in [5.41, 5.74) is 6.39. The number of carbonyl (C=O) groups is 1. The highest BCUT2D eigenvalue weighted by Gasteiger charge is 2.19. The van der Waals surface area contributed by atoms with Gasteiger partial charge in [-0.3, -0.25) is 4.79 Å². The first-order chi connectivity index (χ1) is 12.7. The topological polar surface area (TPSA) is 139 Å². The van der Waals surface area contributed by atoms with Crippen LogP contribution in [0.15, 0.2) is 29.2 Å². The molecule has 9 nitrogen and oxygen atoms in total. The van der Waals surface area contributed by atoms with Crippen LogP contribution in [-0.4, -0.2) is 55.9 Å². The summed E-state index contributed by atoms with van der Waals surface area (Å²) in [6.45, 7) is 2.13. The first-order valence-electron chi connectivity index (χ1n) is 8.27. The second-order valence-electron chi connectivity index (χ2n) is 5.98. The Morgan fingerprint density at radius 3 is 2.59 bits per heavy atom. The number of primary amides is 1. The quantitative estimate of drug-likeness (QED) is 0.596. The number of anilines is 3. The van der Waals surface area contributed by atoms with Gasteiger partial charge in [-0.1, -0.05) is 13.0 Å². The van der Waals surface area contributed by atoms with Crippen molar-refractivity contribution in [3.05, 3.63) is 35.7 Å². The highest BCUT2D eigenvalue weighted by molar-refractivity contribution is 7.90. The summed E-state index contributed by atoms with van der Waals surface area (Å²) < 4.78 is 23.5. The van der Waals surface area contributed by atoms with E-state index in [4.69, 9.17) is 5.73 Å². The third kappa shape index (κ3) is 4.92. The van der Waals surface area contributed by atoms with E-state index < -0.39 is 15.7 Å². The van der Waals surface area contributed by atoms with Gasteiger partial charge in [-0.15, -0.1) is 0 Å². The van der Waals surface area contributed by atoms with Crippen LogP contribution in [0.2, 0.25) is 0 Å². The van der Waals surface area contributed by atoms with Crippen molar-refractivity contribution >= 4 is 33.1 Å². The number of rotatable bonds is 8. The molecular formula is C17H23N5O4S. The minimum atomic E-state index is -3.39. The zero-order valence-electron chi connectivity index (χ0n) is 15.4. The van der Waals surface area contributed by atoms with E-state index in [1.165, 1.54) is 12.1 Å². The summed E-state index contributed by atoms with van der Waals surface area (Å²) in [7, 11) is -1.64. The van der Waals surface area contributed by atoms with Gasteiger partial charge in [0, 0.05) is 25.5 Å². The van der Waals surface area contributed by atoms with Crippen molar-refractivity contribution in [1.82, 2.24) is 9.97 Å². The summed E-state index contributed by atoms with van der Waals surface area (Å²) in [6, 6.07) is 6.13. The lowest BCUT2D eigenvalue weighted by Crippen LogP contribution is -2.26. The molecule has 2 aromatic rings. The SMILES string of the molecule is CCc1nc(C(N)=O)c(Nc2cccc(S(C)(=O)=O)c2)nc1N(C)CCO. The number of aliphatic hydroxyl groups is 1. The number of carbonyl (C=O) groups excluding carboxylic acids is 1. The van der Waals surface area contributed by atoms with Gasteiger partial charge in [0.25, 0.3) is 5.91 Å². The largest absolute Gasteiger partial charge is 0.395 e. The Labute approximate surface area is 158 Å². The van der Waals surface area contributed by atoms with E-state index >= 15 is 0 Å². The van der Waals surface area contributed by atoms with Gasteiger partial charge in [0.1, 0.15) is 0 Å². The standard InChI is InChI=1S/C17H23N5O4S/c1-4-13-17(22(2)8-9-23)21-16(14(20-13)15(18)24)19-11-6-5-7-12(10-11)27(3,25)26/h5-7,10,23H,4,8-9H2,1-3H3,(H2,18,24)(H,19,21). The van der Waals surface area contributed by atoms with Crippen LogP contribution in [0.4, 0.5) is 17.3 Å². The first-order valence-corrected chi connectivity index (χ1v) is 10.2. The van der Waals surface area contributed by atoms with Gasteiger partial charge in [-0.2, -0.15) is 0 Å². The number of aliphatic hydroxyl groups excluding tert-OH is 1. The van der Waals surface area contributed by atoms with Gasteiger partial charge in [0.15, 0.2) is 27.2 Å². The molecule has 0 bridgehead atoms. The number of likely N-dealkylation sites (N-methyl/N-ethyl adjacent to an activating group) is 1. The molecule has 1 heterocycles. The van der Waals surface area contributed by atoms with Gasteiger partial charge in [0.2, 0.25) is 0 Å². The lowest BCUT2D eigenvalue weighted by molar-refractivity contribution is 0.0996. The molecule has 1 amide bonds. The maximum Gasteiger partial charge on any atom is 0.271 e. The van der Waals surface area contributed by atoms with Crippen molar-refractivity contribution in [2.75, 3.05) is 36.7 Å². The number of sulfone groups is 1. The Hall–Kier alpha value is -2.72. The average Bonchev–Trinajstić information content (AvgIpc) is 2.61. The first kappa shape index (κ1) is 20.6. The monoisotopic (exact) mass is 393 g/mol. The smallest absolute Gasteiger partial charge is 0.271 e. The molecule has 0 aliphatic heterocycles. The molecule has 0 radical (unpaired) electrons. The van der Waals surface area contributed by atoms with E-state index in [1.807, 2.05) is 6.92 Å². The number of nitrogens with two attached hydrogens (primary N) is 1. The third-order valence-electron chi connectivity index (χ3n) is 3.84. The summed E-state index contributed by atoms with van der Waals surface area (Å²) in [6.07, 6.45) is 1.63. The van der Waals surface area contributed by atoms with E-state index in [1.54, 1.807) is 24.1 Å². The molecule has 1 aromatic heterocycles. The van der Waals surface area contributed by atoms with Gasteiger partial charge in [-0.05, 0) is 24.6 Å². The number of nitrogens with zero attached hydrogens (tertiary/aromatic N) is 3. The minimum absolute atomic E-state index is 0.0437. The predicted octanol–water partition coefficient (Wildman–Crippen LogP) is 0.714. The number of nitrogens with one attached hydrogen (secondary N) is 1. The van der Waals surface area contributed by atoms with Gasteiger partial charge < -0.3 is 21.1 Å². The molecule has 0 fully saturated rings. The molecule has 27 heavy (non-hydrogen) atoms. The summed E-state index contributed by atoms with van der Waals surface area (Å²) in [5, 5.41) is 12.1. The lowest BCUT2D eigenvalue weighted by atomic mass is 10.2. The Morgan fingerprint density at radius 1 is 1.33 bits per heavy atom. The van der Waals surface area contributed by atoms with Crippen molar-refractivity contribution in [3.63, 3.8) is 0 Å². The highest BCUT2D eigenvalue weighted by atomic mass is 32.2. The number of hydrogen-bond acceptors (Lipinski definition) is 8. The molecule has 0 aliphatic rings. The maximum atomic E-state index is 11.8. The predicted molar refractivity (Wildman–Crippen MR) is 103 cm³/mol. The van der Waals surface area contributed by atoms with Crippen LogP contribution in [0.5, 0.6) is 0 Å². The fourth-order valence-electron chi connectivity index (χ4n) is 2.46. The molecule has 0 saturated heterocycles. The van der Waals surface area contributed by atoms with Gasteiger partial charge >= 0.3 is 0 Å². The zero-order chi connectivity index (χ0) is 20.2. The zero-order valence-corrected chi connectivity index (χ0v) is 16.2. The highest BCUT2D eigenvalue weighted by Crippen LogP contribution is 2.25. The third-order valence-corrected chi connectivity index (χ3v) is 4.95. The molecule has 0 saturated carbocycles. The van der Waals surface area contributed by atoms with Gasteiger partial charge in [-0.25, -0.2) is 18.4 Å². The van der Waals surface area contributed by atoms with Crippen molar-refractivity contribution in [1.29, 1.82) is 0 Å². The Balaban J connectivity index is 2.54. The molecule has 0 unspecified atom stereocenters. The fraction of sp³-hybridized carbons (Fsp3) is 0.353. The second kappa shape index (κ2) is 8.31. The second-order valence-corrected chi connectivity index (χ2v) is 7.99. The number of aryl methyl sites for hydroxylation is 1. The molecule has 0 aliphatic carbocycles. The number of benzene rings is 1. The van der Waals surface area contributed by atoms with Crippen LogP contribution in [0, 0.1) is 0 Å². The Kier molecular flexibility index (Phi) is 6.34. The van der Waals surface area contributed by atoms with E-state index in [9.17, 15) is 18.3 Å². The summed E-state index contributed by atoms with van der Waals surface area (Å²) >= 11 is 0. The number of aromatic nitrogens is 2. The molecular weight excluding hydrogens is 370 g/mol. The molecule has 0 spiro atoms. The molecule has 2 rings (SSSR count). The summed E-state index contributed by atoms with van der Waals surface area (Å²) in [5.74, 6) is -0.140. The van der Waals surface area contributed by atoms with Crippen LogP contribution in [0.3, 0.4) is 0 Å². The summed E-state index contributed by atoms with van der Waals surface area (Å²) in [4.78, 5) is 22.5. The number of amides is 1. The fourth-order valence-corrected chi connectivity index (χ4v) is 3.13. The van der Waals surface area contributed by atoms with Crippen molar-refractivity contribution < 1.29 is 18.3 Å². The maximum absolute atomic E-state index is 11.8. The average molecular weight is 393 g/mol. The van der Waals surface area contributed by atoms with E-state index in [0.717, 1.165) is 6.26 Å². The van der Waals surface area contributed by atoms with Crippen LogP contribution in [0.1, 0.15) is 23.1 Å². The van der Waals surface area contributed by atoms with Crippen molar-refractivity contribution in [2.45, 2.75) is 18.2 Å². The van der Waals surface area contributed by atoms with E-state index in [0.29, 0.717) is 30.2 Å². The van der Waals surface area contributed by atoms with Crippen LogP contribution in [-0.2, 0) is 16.3 Å². The molecule has 4 N–H and O–H groups in total. The van der Waals surface area contributed by atoms with Crippen LogP contribution >= 0.6 is 0 Å². The normalized spacial score (nSPS) is 11.3. The van der Waals surface area contributed by atoms with Crippen LogP contribution in [0.25, 0.3) is 0 Å². The van der Waals surface area contributed by atoms with Crippen molar-refractivity contribution in [3.8, 4) is 0 Å². The van der Waals surface area contributed by atoms with Crippen molar-refractivity contribution in [2.24, 2.45) is 5.73 Å². The molecule has 10 heteroatoms. The Morgan fingerprint density at radius 2 is 2.04 bits per heavy atom. The van der Waals surface area contributed by atoms with Crippen LogP contribution < -0.4 is 16.0 Å². The van der Waals surface area contributed by atoms with E-state index in [2.05, 4.69) is 15.3 Å². The number of hydrogen-bond donors (Lipinski definition) is 3. The molecule has 146 valence electrons. The molecule has 1 aromatic carbocycles. The minimum Gasteiger partial charge on any atom is -0.395 e. The van der Waals surface area contributed by atoms with Gasteiger partial charge in [0.05, 0.1) is 17.2 Å². The Bertz CT molecular complexity index is 946.